The number of hydrogen-bond donors (Lipinski definition) is 0. The number of benzene rings is 1. The molecule has 0 aliphatic heterocycles. The standard InChI is InChI=1S/C17H17ClN6O2/c1-4-9-23-12-14(21(2)17(26)22(3)15(12)25)24-13(19-20-16(23)24)10-5-7-11(18)8-6-10/h5-8H,4,9H2,1-3H3. The molecule has 3 aromatic heterocycles. The van der Waals surface area contributed by atoms with Gasteiger partial charge < -0.3 is 4.57 Å². The fourth-order valence-corrected chi connectivity index (χ4v) is 3.40. The Balaban J connectivity index is 2.23. The number of aryl methyl sites for hydroxylation is 2. The molecule has 9 heteroatoms. The average molecular weight is 373 g/mol. The zero-order valence-electron chi connectivity index (χ0n) is 14.6. The van der Waals surface area contributed by atoms with Crippen LogP contribution < -0.4 is 11.2 Å². The van der Waals surface area contributed by atoms with Gasteiger partial charge in [0.15, 0.2) is 17.0 Å². The number of fused-ring (bicyclic) bond motifs is 3. The number of hydrogen-bond acceptors (Lipinski definition) is 4. The van der Waals surface area contributed by atoms with Crippen molar-refractivity contribution in [1.82, 2.24) is 28.3 Å². The second-order valence-corrected chi connectivity index (χ2v) is 6.63. The summed E-state index contributed by atoms with van der Waals surface area (Å²) in [4.78, 5) is 25.3. The van der Waals surface area contributed by atoms with Crippen molar-refractivity contribution in [2.75, 3.05) is 0 Å². The number of nitrogens with zero attached hydrogens (tertiary/aromatic N) is 6. The highest BCUT2D eigenvalue weighted by Crippen LogP contribution is 2.25. The molecule has 0 fully saturated rings. The molecule has 0 radical (unpaired) electrons. The molecule has 0 saturated carbocycles. The average Bonchev–Trinajstić information content (AvgIpc) is 3.18. The lowest BCUT2D eigenvalue weighted by Gasteiger charge is -2.06. The molecule has 0 atom stereocenters. The summed E-state index contributed by atoms with van der Waals surface area (Å²) in [7, 11) is 3.12. The molecule has 134 valence electrons. The minimum absolute atomic E-state index is 0.343. The van der Waals surface area contributed by atoms with Crippen LogP contribution in [0.1, 0.15) is 13.3 Å². The highest BCUT2D eigenvalue weighted by atomic mass is 35.5. The third-order valence-corrected chi connectivity index (χ3v) is 4.78. The Bertz CT molecular complexity index is 1260. The molecule has 0 spiro atoms. The van der Waals surface area contributed by atoms with Crippen molar-refractivity contribution in [2.24, 2.45) is 14.1 Å². The second kappa shape index (κ2) is 5.84. The van der Waals surface area contributed by atoms with Crippen LogP contribution in [0.3, 0.4) is 0 Å². The van der Waals surface area contributed by atoms with Crippen molar-refractivity contribution in [2.45, 2.75) is 19.9 Å². The van der Waals surface area contributed by atoms with Crippen molar-refractivity contribution in [1.29, 1.82) is 0 Å². The van der Waals surface area contributed by atoms with E-state index in [0.717, 1.165) is 16.6 Å². The van der Waals surface area contributed by atoms with Crippen molar-refractivity contribution < 1.29 is 0 Å². The first kappa shape index (κ1) is 16.6. The Kier molecular flexibility index (Phi) is 3.73. The van der Waals surface area contributed by atoms with E-state index in [0.29, 0.717) is 34.3 Å². The third kappa shape index (κ3) is 2.15. The SMILES string of the molecule is CCCn1c2c(=O)n(C)c(=O)n(C)c2n2c(-c3ccc(Cl)cc3)nnc12. The molecular formula is C17H17ClN6O2. The van der Waals surface area contributed by atoms with E-state index in [-0.39, 0.29) is 5.56 Å². The van der Waals surface area contributed by atoms with Gasteiger partial charge in [-0.3, -0.25) is 13.9 Å². The smallest absolute Gasteiger partial charge is 0.302 e. The van der Waals surface area contributed by atoms with E-state index in [1.165, 1.54) is 11.6 Å². The maximum Gasteiger partial charge on any atom is 0.332 e. The second-order valence-electron chi connectivity index (χ2n) is 6.20. The summed E-state index contributed by atoms with van der Waals surface area (Å²) in [6, 6.07) is 7.20. The molecule has 8 nitrogen and oxygen atoms in total. The molecule has 0 N–H and O–H groups in total. The van der Waals surface area contributed by atoms with Gasteiger partial charge in [0.1, 0.15) is 0 Å². The first-order valence-electron chi connectivity index (χ1n) is 8.25. The van der Waals surface area contributed by atoms with Crippen LogP contribution in [0, 0.1) is 0 Å². The van der Waals surface area contributed by atoms with Crippen molar-refractivity contribution in [3.8, 4) is 11.4 Å². The van der Waals surface area contributed by atoms with E-state index >= 15 is 0 Å². The summed E-state index contributed by atoms with van der Waals surface area (Å²) in [6.45, 7) is 2.62. The highest BCUT2D eigenvalue weighted by molar-refractivity contribution is 6.30. The first-order valence-corrected chi connectivity index (χ1v) is 8.62. The Hall–Kier alpha value is -2.87. The van der Waals surface area contributed by atoms with Crippen LogP contribution >= 0.6 is 11.6 Å². The number of rotatable bonds is 3. The van der Waals surface area contributed by atoms with Crippen LogP contribution in [0.4, 0.5) is 0 Å². The fourth-order valence-electron chi connectivity index (χ4n) is 3.28. The lowest BCUT2D eigenvalue weighted by molar-refractivity contribution is 0.681. The van der Waals surface area contributed by atoms with Crippen LogP contribution in [0.15, 0.2) is 33.9 Å². The van der Waals surface area contributed by atoms with Gasteiger partial charge >= 0.3 is 5.69 Å². The van der Waals surface area contributed by atoms with Gasteiger partial charge in [-0.15, -0.1) is 10.2 Å². The maximum atomic E-state index is 12.8. The molecule has 0 amide bonds. The lowest BCUT2D eigenvalue weighted by atomic mass is 10.2. The minimum atomic E-state index is -0.395. The predicted octanol–water partition coefficient (Wildman–Crippen LogP) is 1.81. The molecular weight excluding hydrogens is 356 g/mol. The Morgan fingerprint density at radius 2 is 1.73 bits per heavy atom. The van der Waals surface area contributed by atoms with E-state index in [2.05, 4.69) is 10.2 Å². The lowest BCUT2D eigenvalue weighted by Crippen LogP contribution is -2.37. The molecule has 0 bridgehead atoms. The minimum Gasteiger partial charge on any atom is -0.302 e. The molecule has 26 heavy (non-hydrogen) atoms. The molecule has 0 saturated heterocycles. The van der Waals surface area contributed by atoms with Crippen molar-refractivity contribution >= 4 is 28.5 Å². The normalized spacial score (nSPS) is 11.7. The summed E-state index contributed by atoms with van der Waals surface area (Å²) in [5.41, 5.74) is 0.983. The van der Waals surface area contributed by atoms with Gasteiger partial charge in [-0.2, -0.15) is 0 Å². The maximum absolute atomic E-state index is 12.8. The van der Waals surface area contributed by atoms with E-state index in [1.807, 2.05) is 23.6 Å². The van der Waals surface area contributed by atoms with Gasteiger partial charge in [0, 0.05) is 31.2 Å². The largest absolute Gasteiger partial charge is 0.332 e. The van der Waals surface area contributed by atoms with E-state index < -0.39 is 5.69 Å². The molecule has 4 rings (SSSR count). The van der Waals surface area contributed by atoms with E-state index in [9.17, 15) is 9.59 Å². The summed E-state index contributed by atoms with van der Waals surface area (Å²) < 4.78 is 6.16. The number of imidazole rings is 1. The molecule has 3 heterocycles. The molecule has 0 aliphatic rings. The van der Waals surface area contributed by atoms with Gasteiger partial charge in [-0.25, -0.2) is 9.20 Å². The van der Waals surface area contributed by atoms with Gasteiger partial charge in [0.05, 0.1) is 0 Å². The highest BCUT2D eigenvalue weighted by Gasteiger charge is 2.23. The van der Waals surface area contributed by atoms with Crippen LogP contribution in [-0.2, 0) is 20.6 Å². The van der Waals surface area contributed by atoms with Gasteiger partial charge in [0.2, 0.25) is 5.78 Å². The van der Waals surface area contributed by atoms with Gasteiger partial charge in [-0.1, -0.05) is 18.5 Å². The molecule has 4 aromatic rings. The van der Waals surface area contributed by atoms with Crippen LogP contribution in [0.25, 0.3) is 28.3 Å². The monoisotopic (exact) mass is 372 g/mol. The predicted molar refractivity (Wildman–Crippen MR) is 99.7 cm³/mol. The molecule has 1 aromatic carbocycles. The Morgan fingerprint density at radius 3 is 2.38 bits per heavy atom. The zero-order valence-corrected chi connectivity index (χ0v) is 15.4. The van der Waals surface area contributed by atoms with Gasteiger partial charge in [-0.05, 0) is 30.7 Å². The Morgan fingerprint density at radius 1 is 1.04 bits per heavy atom. The summed E-state index contributed by atoms with van der Waals surface area (Å²) >= 11 is 5.98. The van der Waals surface area contributed by atoms with Crippen LogP contribution in [0.2, 0.25) is 5.02 Å². The van der Waals surface area contributed by atoms with Crippen LogP contribution in [0.5, 0.6) is 0 Å². The number of halogens is 1. The quantitative estimate of drug-likeness (QED) is 0.549. The number of aromatic nitrogens is 6. The first-order chi connectivity index (χ1) is 12.5. The molecule has 0 unspecified atom stereocenters. The van der Waals surface area contributed by atoms with Crippen LogP contribution in [-0.4, -0.2) is 28.3 Å². The van der Waals surface area contributed by atoms with E-state index in [4.69, 9.17) is 11.6 Å². The third-order valence-electron chi connectivity index (χ3n) is 4.53. The summed E-state index contributed by atoms with van der Waals surface area (Å²) in [5.74, 6) is 1.09. The molecule has 0 aliphatic carbocycles. The van der Waals surface area contributed by atoms with E-state index in [1.54, 1.807) is 23.6 Å². The summed E-state index contributed by atoms with van der Waals surface area (Å²) in [6.07, 6.45) is 0.814. The topological polar surface area (TPSA) is 79.1 Å². The van der Waals surface area contributed by atoms with Gasteiger partial charge in [0.25, 0.3) is 5.56 Å². The Labute approximate surface area is 152 Å². The zero-order chi connectivity index (χ0) is 18.6. The van der Waals surface area contributed by atoms with Crippen molar-refractivity contribution in [3.63, 3.8) is 0 Å². The van der Waals surface area contributed by atoms with Crippen molar-refractivity contribution in [3.05, 3.63) is 50.1 Å². The summed E-state index contributed by atoms with van der Waals surface area (Å²) in [5, 5.41) is 9.21. The fraction of sp³-hybridized carbons (Fsp3) is 0.294.